The van der Waals surface area contributed by atoms with Gasteiger partial charge in [-0.1, -0.05) is 18.2 Å². The number of nitrogens with zero attached hydrogens (tertiary/aromatic N) is 2. The lowest BCUT2D eigenvalue weighted by molar-refractivity contribution is 0.0712. The monoisotopic (exact) mass is 391 g/mol. The van der Waals surface area contributed by atoms with Crippen LogP contribution in [-0.2, 0) is 11.3 Å². The highest BCUT2D eigenvalue weighted by Gasteiger charge is 2.25. The van der Waals surface area contributed by atoms with Gasteiger partial charge in [0.25, 0.3) is 11.5 Å². The van der Waals surface area contributed by atoms with Crippen molar-refractivity contribution in [2.45, 2.75) is 32.3 Å². The first-order chi connectivity index (χ1) is 14.2. The van der Waals surface area contributed by atoms with Crippen molar-refractivity contribution in [3.63, 3.8) is 0 Å². The van der Waals surface area contributed by atoms with Crippen LogP contribution in [0.1, 0.15) is 47.3 Å². The molecule has 1 aliphatic rings. The molecule has 2 aromatic heterocycles. The number of ether oxygens (including phenoxy) is 1. The molecular formula is C23H25N3O3. The smallest absolute Gasteiger partial charge is 0.274 e. The van der Waals surface area contributed by atoms with E-state index in [0.717, 1.165) is 29.5 Å². The number of carbonyl (C=O) groups excluding carboxylic acids is 1. The molecule has 1 saturated heterocycles. The number of likely N-dealkylation sites (tertiary alicyclic amines) is 1. The second-order valence-electron chi connectivity index (χ2n) is 7.40. The normalized spacial score (nSPS) is 15.0. The third kappa shape index (κ3) is 4.22. The van der Waals surface area contributed by atoms with Crippen LogP contribution >= 0.6 is 0 Å². The number of carbonyl (C=O) groups is 1. The lowest BCUT2D eigenvalue weighted by atomic mass is 9.92. The number of amides is 1. The van der Waals surface area contributed by atoms with Crippen LogP contribution in [0.25, 0.3) is 10.9 Å². The number of piperidine rings is 1. The van der Waals surface area contributed by atoms with E-state index in [4.69, 9.17) is 4.74 Å². The molecule has 1 amide bonds. The molecule has 0 atom stereocenters. The number of H-pyrrole nitrogens is 1. The van der Waals surface area contributed by atoms with E-state index in [9.17, 15) is 9.59 Å². The molecule has 1 aliphatic heterocycles. The van der Waals surface area contributed by atoms with Gasteiger partial charge >= 0.3 is 0 Å². The first kappa shape index (κ1) is 19.3. The van der Waals surface area contributed by atoms with Crippen LogP contribution in [0, 0.1) is 0 Å². The van der Waals surface area contributed by atoms with Crippen LogP contribution in [0.5, 0.6) is 0 Å². The van der Waals surface area contributed by atoms with Crippen molar-refractivity contribution in [1.82, 2.24) is 14.9 Å². The molecule has 29 heavy (non-hydrogen) atoms. The van der Waals surface area contributed by atoms with Gasteiger partial charge < -0.3 is 14.6 Å². The predicted molar refractivity (Wildman–Crippen MR) is 112 cm³/mol. The summed E-state index contributed by atoms with van der Waals surface area (Å²) in [4.78, 5) is 34.2. The zero-order valence-corrected chi connectivity index (χ0v) is 16.6. The lowest BCUT2D eigenvalue weighted by Gasteiger charge is -2.32. The number of hydrogen-bond acceptors (Lipinski definition) is 4. The van der Waals surface area contributed by atoms with E-state index < -0.39 is 0 Å². The maximum atomic E-state index is 12.8. The minimum absolute atomic E-state index is 0.0580. The van der Waals surface area contributed by atoms with Crippen LogP contribution in [-0.4, -0.2) is 40.5 Å². The zero-order valence-electron chi connectivity index (χ0n) is 16.6. The topological polar surface area (TPSA) is 75.3 Å². The van der Waals surface area contributed by atoms with Gasteiger partial charge in [-0.25, -0.2) is 0 Å². The van der Waals surface area contributed by atoms with Crippen molar-refractivity contribution in [3.8, 4) is 0 Å². The molecule has 3 heterocycles. The Morgan fingerprint density at radius 2 is 1.97 bits per heavy atom. The molecule has 4 rings (SSSR count). The molecule has 6 nitrogen and oxygen atoms in total. The Morgan fingerprint density at radius 1 is 1.21 bits per heavy atom. The predicted octanol–water partition coefficient (Wildman–Crippen LogP) is 3.48. The van der Waals surface area contributed by atoms with Crippen molar-refractivity contribution in [3.05, 3.63) is 75.8 Å². The van der Waals surface area contributed by atoms with Crippen LogP contribution in [0.15, 0.2) is 53.5 Å². The summed E-state index contributed by atoms with van der Waals surface area (Å²) < 4.78 is 5.40. The molecule has 0 saturated carbocycles. The molecule has 0 radical (unpaired) electrons. The van der Waals surface area contributed by atoms with Crippen LogP contribution in [0.3, 0.4) is 0 Å². The number of rotatable bonds is 5. The maximum Gasteiger partial charge on any atom is 0.274 e. The summed E-state index contributed by atoms with van der Waals surface area (Å²) in [7, 11) is 0. The standard InChI is InChI=1S/C23H25N3O3/c1-2-29-15-16-5-7-18(8-6-16)23(28)26-12-9-17(10-13-26)20-14-19-4-3-11-24-21(19)22(27)25-20/h3-8,11,14,17H,2,9-10,12-13,15H2,1H3,(H,25,27). The van der Waals surface area contributed by atoms with Gasteiger partial charge in [0.05, 0.1) is 6.61 Å². The summed E-state index contributed by atoms with van der Waals surface area (Å²) in [6, 6.07) is 13.4. The van der Waals surface area contributed by atoms with E-state index in [1.165, 1.54) is 0 Å². The second-order valence-corrected chi connectivity index (χ2v) is 7.40. The highest BCUT2D eigenvalue weighted by Crippen LogP contribution is 2.28. The SMILES string of the molecule is CCOCc1ccc(C(=O)N2CCC(c3cc4cccnc4c(=O)[nH]3)CC2)cc1. The van der Waals surface area contributed by atoms with Crippen molar-refractivity contribution < 1.29 is 9.53 Å². The van der Waals surface area contributed by atoms with Crippen molar-refractivity contribution in [2.75, 3.05) is 19.7 Å². The quantitative estimate of drug-likeness (QED) is 0.723. The number of benzene rings is 1. The molecule has 1 N–H and O–H groups in total. The van der Waals surface area contributed by atoms with Gasteiger partial charge in [0.2, 0.25) is 0 Å². The van der Waals surface area contributed by atoms with Gasteiger partial charge in [-0.05, 0) is 49.6 Å². The summed E-state index contributed by atoms with van der Waals surface area (Å²) in [5.74, 6) is 0.299. The first-order valence-electron chi connectivity index (χ1n) is 10.1. The lowest BCUT2D eigenvalue weighted by Crippen LogP contribution is -2.38. The molecule has 3 aromatic rings. The van der Waals surface area contributed by atoms with Gasteiger partial charge in [0, 0.05) is 48.5 Å². The maximum absolute atomic E-state index is 12.8. The molecule has 0 aliphatic carbocycles. The highest BCUT2D eigenvalue weighted by atomic mass is 16.5. The van der Waals surface area contributed by atoms with Crippen molar-refractivity contribution in [1.29, 1.82) is 0 Å². The Bertz CT molecular complexity index is 1050. The summed E-state index contributed by atoms with van der Waals surface area (Å²) in [6.45, 7) is 4.56. The third-order valence-electron chi connectivity index (χ3n) is 5.52. The average Bonchev–Trinajstić information content (AvgIpc) is 2.77. The zero-order chi connectivity index (χ0) is 20.2. The largest absolute Gasteiger partial charge is 0.377 e. The van der Waals surface area contributed by atoms with E-state index >= 15 is 0 Å². The van der Waals surface area contributed by atoms with E-state index in [-0.39, 0.29) is 17.4 Å². The van der Waals surface area contributed by atoms with E-state index in [1.807, 2.05) is 54.3 Å². The minimum atomic E-state index is -0.149. The fourth-order valence-electron chi connectivity index (χ4n) is 3.88. The summed E-state index contributed by atoms with van der Waals surface area (Å²) >= 11 is 0. The summed E-state index contributed by atoms with van der Waals surface area (Å²) in [5.41, 5.74) is 3.02. The van der Waals surface area contributed by atoms with E-state index in [2.05, 4.69) is 9.97 Å². The number of hydrogen-bond donors (Lipinski definition) is 1. The van der Waals surface area contributed by atoms with Crippen LogP contribution in [0.2, 0.25) is 0 Å². The first-order valence-corrected chi connectivity index (χ1v) is 10.1. The molecular weight excluding hydrogens is 366 g/mol. The summed E-state index contributed by atoms with van der Waals surface area (Å²) in [5, 5.41) is 0.858. The number of pyridine rings is 2. The highest BCUT2D eigenvalue weighted by molar-refractivity contribution is 5.94. The van der Waals surface area contributed by atoms with Crippen LogP contribution in [0.4, 0.5) is 0 Å². The van der Waals surface area contributed by atoms with E-state index in [0.29, 0.717) is 37.4 Å². The Balaban J connectivity index is 1.41. The van der Waals surface area contributed by atoms with Gasteiger partial charge in [-0.15, -0.1) is 0 Å². The molecule has 0 unspecified atom stereocenters. The third-order valence-corrected chi connectivity index (χ3v) is 5.52. The molecule has 0 bridgehead atoms. The van der Waals surface area contributed by atoms with E-state index in [1.54, 1.807) is 6.20 Å². The Morgan fingerprint density at radius 3 is 2.69 bits per heavy atom. The second kappa shape index (κ2) is 8.57. The fourth-order valence-corrected chi connectivity index (χ4v) is 3.88. The molecule has 6 heteroatoms. The summed E-state index contributed by atoms with van der Waals surface area (Å²) in [6.07, 6.45) is 3.29. The number of fused-ring (bicyclic) bond motifs is 1. The molecule has 1 fully saturated rings. The molecule has 0 spiro atoms. The van der Waals surface area contributed by atoms with Gasteiger partial charge in [0.1, 0.15) is 5.52 Å². The Labute approximate surface area is 169 Å². The van der Waals surface area contributed by atoms with Crippen molar-refractivity contribution in [2.24, 2.45) is 0 Å². The number of aromatic nitrogens is 2. The van der Waals surface area contributed by atoms with Gasteiger partial charge in [-0.3, -0.25) is 14.6 Å². The van der Waals surface area contributed by atoms with Crippen molar-refractivity contribution >= 4 is 16.8 Å². The van der Waals surface area contributed by atoms with Gasteiger partial charge in [0.15, 0.2) is 0 Å². The fraction of sp³-hybridized carbons (Fsp3) is 0.348. The number of nitrogens with one attached hydrogen (secondary N) is 1. The Hall–Kier alpha value is -2.99. The van der Waals surface area contributed by atoms with Gasteiger partial charge in [-0.2, -0.15) is 0 Å². The number of aromatic amines is 1. The van der Waals surface area contributed by atoms with Crippen LogP contribution < -0.4 is 5.56 Å². The minimum Gasteiger partial charge on any atom is -0.377 e. The average molecular weight is 391 g/mol. The molecule has 150 valence electrons. The Kier molecular flexibility index (Phi) is 5.71. The molecule has 1 aromatic carbocycles.